The highest BCUT2D eigenvalue weighted by Gasteiger charge is 2.23. The maximum Gasteiger partial charge on any atom is 0.341 e. The van der Waals surface area contributed by atoms with Crippen LogP contribution in [0, 0.1) is 0 Å². The first-order chi connectivity index (χ1) is 9.90. The SMILES string of the molecule is CCOC(=O)/C(=C\N(C)C)c1nc(SC)ncc1C(=O)O. The third kappa shape index (κ3) is 4.45. The summed E-state index contributed by atoms with van der Waals surface area (Å²) in [7, 11) is 3.44. The predicted molar refractivity (Wildman–Crippen MR) is 79.1 cm³/mol. The number of rotatable bonds is 6. The van der Waals surface area contributed by atoms with Crippen molar-refractivity contribution in [2.24, 2.45) is 0 Å². The number of aromatic nitrogens is 2. The quantitative estimate of drug-likeness (QED) is 0.364. The predicted octanol–water partition coefficient (Wildman–Crippen LogP) is 1.36. The van der Waals surface area contributed by atoms with E-state index in [4.69, 9.17) is 4.74 Å². The van der Waals surface area contributed by atoms with Crippen LogP contribution in [0.4, 0.5) is 0 Å². The van der Waals surface area contributed by atoms with Crippen LogP contribution >= 0.6 is 11.8 Å². The fourth-order valence-electron chi connectivity index (χ4n) is 1.50. The zero-order valence-corrected chi connectivity index (χ0v) is 13.1. The second kappa shape index (κ2) is 7.63. The Labute approximate surface area is 127 Å². The van der Waals surface area contributed by atoms with E-state index in [1.54, 1.807) is 32.2 Å². The molecule has 0 aliphatic carbocycles. The number of esters is 1. The Morgan fingerprint density at radius 3 is 2.62 bits per heavy atom. The van der Waals surface area contributed by atoms with Gasteiger partial charge >= 0.3 is 11.9 Å². The monoisotopic (exact) mass is 311 g/mol. The molecule has 0 saturated heterocycles. The second-order valence-electron chi connectivity index (χ2n) is 4.15. The maximum absolute atomic E-state index is 12.1. The molecule has 7 nitrogen and oxygen atoms in total. The van der Waals surface area contributed by atoms with Crippen molar-refractivity contribution in [2.75, 3.05) is 27.0 Å². The number of ether oxygens (including phenoxy) is 1. The molecule has 21 heavy (non-hydrogen) atoms. The van der Waals surface area contributed by atoms with E-state index in [1.807, 2.05) is 0 Å². The number of carboxylic acid groups (broad SMARTS) is 1. The van der Waals surface area contributed by atoms with E-state index in [1.165, 1.54) is 24.2 Å². The lowest BCUT2D eigenvalue weighted by Crippen LogP contribution is -2.16. The summed E-state index contributed by atoms with van der Waals surface area (Å²) >= 11 is 1.26. The minimum absolute atomic E-state index is 0.0500. The molecular formula is C13H17N3O4S. The largest absolute Gasteiger partial charge is 0.478 e. The van der Waals surface area contributed by atoms with E-state index in [9.17, 15) is 14.7 Å². The first-order valence-electron chi connectivity index (χ1n) is 6.10. The molecule has 1 N–H and O–H groups in total. The molecule has 1 aromatic heterocycles. The number of hydrogen-bond donors (Lipinski definition) is 1. The Morgan fingerprint density at radius 1 is 1.48 bits per heavy atom. The van der Waals surface area contributed by atoms with Gasteiger partial charge in [0.05, 0.1) is 12.3 Å². The number of nitrogens with zero attached hydrogens (tertiary/aromatic N) is 3. The molecular weight excluding hydrogens is 294 g/mol. The summed E-state index contributed by atoms with van der Waals surface area (Å²) in [6.07, 6.45) is 4.44. The number of hydrogen-bond acceptors (Lipinski definition) is 7. The molecule has 0 unspecified atom stereocenters. The lowest BCUT2D eigenvalue weighted by molar-refractivity contribution is -0.136. The Hall–Kier alpha value is -2.09. The van der Waals surface area contributed by atoms with Crippen LogP contribution in [0.25, 0.3) is 5.57 Å². The molecule has 1 aromatic rings. The number of carbonyl (C=O) groups is 2. The van der Waals surface area contributed by atoms with Gasteiger partial charge < -0.3 is 14.7 Å². The van der Waals surface area contributed by atoms with Gasteiger partial charge in [-0.3, -0.25) is 0 Å². The zero-order valence-electron chi connectivity index (χ0n) is 12.3. The molecule has 0 aliphatic heterocycles. The molecule has 114 valence electrons. The Balaban J connectivity index is 3.48. The van der Waals surface area contributed by atoms with Crippen molar-refractivity contribution in [3.8, 4) is 0 Å². The first kappa shape index (κ1) is 17.0. The highest BCUT2D eigenvalue weighted by Crippen LogP contribution is 2.21. The smallest absolute Gasteiger partial charge is 0.341 e. The molecule has 0 spiro atoms. The third-order valence-corrected chi connectivity index (χ3v) is 2.88. The molecule has 0 radical (unpaired) electrons. The van der Waals surface area contributed by atoms with Gasteiger partial charge in [-0.1, -0.05) is 11.8 Å². The summed E-state index contributed by atoms with van der Waals surface area (Å²) in [5.74, 6) is -1.83. The van der Waals surface area contributed by atoms with Crippen LogP contribution in [-0.2, 0) is 9.53 Å². The highest BCUT2D eigenvalue weighted by atomic mass is 32.2. The molecule has 0 aromatic carbocycles. The number of thioether (sulfide) groups is 1. The molecule has 1 rings (SSSR count). The highest BCUT2D eigenvalue weighted by molar-refractivity contribution is 7.98. The summed E-state index contributed by atoms with van der Waals surface area (Å²) in [5.41, 5.74) is -0.0140. The summed E-state index contributed by atoms with van der Waals surface area (Å²) in [4.78, 5) is 33.1. The van der Waals surface area contributed by atoms with Gasteiger partial charge in [-0.15, -0.1) is 0 Å². The van der Waals surface area contributed by atoms with Crippen LogP contribution in [-0.4, -0.2) is 58.9 Å². The fraction of sp³-hybridized carbons (Fsp3) is 0.385. The van der Waals surface area contributed by atoms with Gasteiger partial charge in [0.15, 0.2) is 5.16 Å². The number of carboxylic acids is 1. The Morgan fingerprint density at radius 2 is 2.14 bits per heavy atom. The van der Waals surface area contributed by atoms with Crippen molar-refractivity contribution >= 4 is 29.3 Å². The van der Waals surface area contributed by atoms with E-state index in [-0.39, 0.29) is 23.4 Å². The van der Waals surface area contributed by atoms with E-state index < -0.39 is 11.9 Å². The van der Waals surface area contributed by atoms with Gasteiger partial charge in [-0.05, 0) is 13.2 Å². The average molecular weight is 311 g/mol. The summed E-state index contributed by atoms with van der Waals surface area (Å²) in [6.45, 7) is 1.86. The molecule has 0 amide bonds. The van der Waals surface area contributed by atoms with Gasteiger partial charge in [-0.2, -0.15) is 0 Å². The van der Waals surface area contributed by atoms with Crippen LogP contribution < -0.4 is 0 Å². The molecule has 0 saturated carbocycles. The molecule has 0 aliphatic rings. The number of carbonyl (C=O) groups excluding carboxylic acids is 1. The van der Waals surface area contributed by atoms with Gasteiger partial charge in [0.1, 0.15) is 11.1 Å². The third-order valence-electron chi connectivity index (χ3n) is 2.32. The van der Waals surface area contributed by atoms with Gasteiger partial charge in [-0.25, -0.2) is 19.6 Å². The zero-order chi connectivity index (χ0) is 16.0. The minimum Gasteiger partial charge on any atom is -0.478 e. The Kier molecular flexibility index (Phi) is 6.16. The minimum atomic E-state index is -1.20. The van der Waals surface area contributed by atoms with Crippen LogP contribution in [0.15, 0.2) is 17.6 Å². The van der Waals surface area contributed by atoms with Gasteiger partial charge in [0.25, 0.3) is 0 Å². The van der Waals surface area contributed by atoms with Crippen molar-refractivity contribution in [1.82, 2.24) is 14.9 Å². The van der Waals surface area contributed by atoms with E-state index in [0.717, 1.165) is 0 Å². The van der Waals surface area contributed by atoms with Crippen LogP contribution in [0.3, 0.4) is 0 Å². The van der Waals surface area contributed by atoms with Crippen molar-refractivity contribution in [3.05, 3.63) is 23.7 Å². The maximum atomic E-state index is 12.1. The van der Waals surface area contributed by atoms with Crippen molar-refractivity contribution < 1.29 is 19.4 Å². The van der Waals surface area contributed by atoms with Crippen molar-refractivity contribution in [3.63, 3.8) is 0 Å². The van der Waals surface area contributed by atoms with Crippen molar-refractivity contribution in [1.29, 1.82) is 0 Å². The van der Waals surface area contributed by atoms with E-state index in [2.05, 4.69) is 9.97 Å². The molecule has 1 heterocycles. The lowest BCUT2D eigenvalue weighted by atomic mass is 10.1. The molecule has 0 fully saturated rings. The molecule has 0 bridgehead atoms. The van der Waals surface area contributed by atoms with E-state index in [0.29, 0.717) is 5.16 Å². The van der Waals surface area contributed by atoms with E-state index >= 15 is 0 Å². The lowest BCUT2D eigenvalue weighted by Gasteiger charge is -2.13. The standard InChI is InChI=1S/C13H17N3O4S/c1-5-20-12(19)9(7-16(2)3)10-8(11(17)18)6-14-13(15-10)21-4/h6-7H,5H2,1-4H3,(H,17,18)/b9-7-. The fourth-order valence-corrected chi connectivity index (χ4v) is 1.84. The van der Waals surface area contributed by atoms with Crippen LogP contribution in [0.1, 0.15) is 23.0 Å². The molecule has 0 atom stereocenters. The van der Waals surface area contributed by atoms with Crippen LogP contribution in [0.2, 0.25) is 0 Å². The second-order valence-corrected chi connectivity index (χ2v) is 4.92. The summed E-state index contributed by atoms with van der Waals surface area (Å²) < 4.78 is 4.97. The molecule has 8 heteroatoms. The normalized spacial score (nSPS) is 11.1. The average Bonchev–Trinajstić information content (AvgIpc) is 2.43. The summed E-state index contributed by atoms with van der Waals surface area (Å²) in [5, 5.41) is 9.62. The van der Waals surface area contributed by atoms with Gasteiger partial charge in [0, 0.05) is 26.5 Å². The Bertz CT molecular complexity index is 573. The van der Waals surface area contributed by atoms with Crippen molar-refractivity contribution in [2.45, 2.75) is 12.1 Å². The number of aromatic carboxylic acids is 1. The van der Waals surface area contributed by atoms with Gasteiger partial charge in [0.2, 0.25) is 0 Å². The van der Waals surface area contributed by atoms with Crippen LogP contribution in [0.5, 0.6) is 0 Å². The summed E-state index contributed by atoms with van der Waals surface area (Å²) in [6, 6.07) is 0. The topological polar surface area (TPSA) is 92.6 Å². The first-order valence-corrected chi connectivity index (χ1v) is 7.33.